The molecule has 1 saturated heterocycles. The molecule has 1 heterocycles. The highest BCUT2D eigenvalue weighted by Crippen LogP contribution is 2.15. The molecular formula is C14H28N2O3. The van der Waals surface area contributed by atoms with Gasteiger partial charge in [-0.1, -0.05) is 6.92 Å². The summed E-state index contributed by atoms with van der Waals surface area (Å²) < 4.78 is 5.12. The lowest BCUT2D eigenvalue weighted by Gasteiger charge is -2.31. The van der Waals surface area contributed by atoms with Gasteiger partial charge in [-0.05, 0) is 52.6 Å². The third kappa shape index (κ3) is 7.38. The maximum atomic E-state index is 11.4. The molecule has 1 amide bonds. The second-order valence-corrected chi connectivity index (χ2v) is 6.52. The Hall–Kier alpha value is -0.810. The summed E-state index contributed by atoms with van der Waals surface area (Å²) in [5.41, 5.74) is -0.502. The van der Waals surface area contributed by atoms with E-state index >= 15 is 0 Å². The second kappa shape index (κ2) is 7.10. The zero-order valence-corrected chi connectivity index (χ0v) is 12.6. The topological polar surface area (TPSA) is 61.8 Å². The van der Waals surface area contributed by atoms with Crippen LogP contribution in [0, 0.1) is 5.92 Å². The molecule has 0 radical (unpaired) electrons. The minimum Gasteiger partial charge on any atom is -0.444 e. The number of carbonyl (C=O) groups excluding carboxylic acids is 1. The van der Waals surface area contributed by atoms with Crippen molar-refractivity contribution < 1.29 is 14.6 Å². The van der Waals surface area contributed by atoms with Gasteiger partial charge in [0.2, 0.25) is 0 Å². The molecule has 5 nitrogen and oxygen atoms in total. The molecule has 5 heteroatoms. The number of nitrogens with one attached hydrogen (secondary N) is 1. The Kier molecular flexibility index (Phi) is 6.07. The summed E-state index contributed by atoms with van der Waals surface area (Å²) in [4.78, 5) is 13.7. The van der Waals surface area contributed by atoms with Crippen molar-refractivity contribution in [2.45, 2.75) is 52.2 Å². The van der Waals surface area contributed by atoms with Gasteiger partial charge in [0.15, 0.2) is 0 Å². The Bertz CT molecular complexity index is 281. The molecule has 0 saturated carbocycles. The molecule has 1 fully saturated rings. The van der Waals surface area contributed by atoms with Gasteiger partial charge in [-0.3, -0.25) is 0 Å². The number of hydrogen-bond donors (Lipinski definition) is 2. The number of piperidine rings is 1. The molecule has 2 N–H and O–H groups in total. The van der Waals surface area contributed by atoms with Crippen molar-refractivity contribution in [3.63, 3.8) is 0 Å². The van der Waals surface area contributed by atoms with Gasteiger partial charge in [0.25, 0.3) is 0 Å². The molecule has 0 aromatic heterocycles. The Balaban J connectivity index is 2.17. The van der Waals surface area contributed by atoms with Crippen LogP contribution in [0.25, 0.3) is 0 Å². The van der Waals surface area contributed by atoms with Gasteiger partial charge < -0.3 is 20.1 Å². The van der Waals surface area contributed by atoms with Crippen molar-refractivity contribution in [2.75, 3.05) is 26.2 Å². The SMILES string of the molecule is CC1CCN(C[C@@H](O)CNC(=O)OC(C)(C)C)CC1. The van der Waals surface area contributed by atoms with E-state index in [-0.39, 0.29) is 6.54 Å². The smallest absolute Gasteiger partial charge is 0.407 e. The zero-order valence-electron chi connectivity index (χ0n) is 12.6. The summed E-state index contributed by atoms with van der Waals surface area (Å²) in [5.74, 6) is 0.785. The van der Waals surface area contributed by atoms with Gasteiger partial charge in [-0.25, -0.2) is 4.79 Å². The van der Waals surface area contributed by atoms with Crippen molar-refractivity contribution in [3.05, 3.63) is 0 Å². The van der Waals surface area contributed by atoms with Crippen LogP contribution in [0.5, 0.6) is 0 Å². The molecule has 1 rings (SSSR count). The largest absolute Gasteiger partial charge is 0.444 e. The van der Waals surface area contributed by atoms with Crippen molar-refractivity contribution in [1.82, 2.24) is 10.2 Å². The first-order valence-corrected chi connectivity index (χ1v) is 7.13. The maximum Gasteiger partial charge on any atom is 0.407 e. The molecule has 1 aliphatic rings. The minimum absolute atomic E-state index is 0.237. The zero-order chi connectivity index (χ0) is 14.5. The van der Waals surface area contributed by atoms with Crippen LogP contribution in [0.4, 0.5) is 4.79 Å². The lowest BCUT2D eigenvalue weighted by molar-refractivity contribution is 0.0455. The highest BCUT2D eigenvalue weighted by atomic mass is 16.6. The van der Waals surface area contributed by atoms with Crippen molar-refractivity contribution in [3.8, 4) is 0 Å². The number of alkyl carbamates (subject to hydrolysis) is 1. The van der Waals surface area contributed by atoms with Crippen LogP contribution in [0.1, 0.15) is 40.5 Å². The normalized spacial score (nSPS) is 20.1. The van der Waals surface area contributed by atoms with Crippen LogP contribution in [-0.4, -0.2) is 54.0 Å². The van der Waals surface area contributed by atoms with E-state index in [9.17, 15) is 9.90 Å². The lowest BCUT2D eigenvalue weighted by Crippen LogP contribution is -2.43. The summed E-state index contributed by atoms with van der Waals surface area (Å²) >= 11 is 0. The predicted molar refractivity (Wildman–Crippen MR) is 75.1 cm³/mol. The fourth-order valence-electron chi connectivity index (χ4n) is 2.12. The van der Waals surface area contributed by atoms with Crippen molar-refractivity contribution in [1.29, 1.82) is 0 Å². The van der Waals surface area contributed by atoms with E-state index in [1.807, 2.05) is 20.8 Å². The third-order valence-corrected chi connectivity index (χ3v) is 3.23. The predicted octanol–water partition coefficient (Wildman–Crippen LogP) is 1.60. The number of ether oxygens (including phenoxy) is 1. The number of hydrogen-bond acceptors (Lipinski definition) is 4. The summed E-state index contributed by atoms with van der Waals surface area (Å²) in [6.07, 6.45) is 1.36. The summed E-state index contributed by atoms with van der Waals surface area (Å²) in [6.45, 7) is 10.6. The number of likely N-dealkylation sites (tertiary alicyclic amines) is 1. The molecule has 0 unspecified atom stereocenters. The Morgan fingerprint density at radius 1 is 1.42 bits per heavy atom. The quantitative estimate of drug-likeness (QED) is 0.816. The maximum absolute atomic E-state index is 11.4. The molecule has 1 atom stereocenters. The molecular weight excluding hydrogens is 244 g/mol. The van der Waals surface area contributed by atoms with Crippen LogP contribution < -0.4 is 5.32 Å². The van der Waals surface area contributed by atoms with E-state index in [0.717, 1.165) is 19.0 Å². The average molecular weight is 272 g/mol. The van der Waals surface area contributed by atoms with Crippen LogP contribution in [-0.2, 0) is 4.74 Å². The monoisotopic (exact) mass is 272 g/mol. The van der Waals surface area contributed by atoms with E-state index in [4.69, 9.17) is 4.74 Å². The molecule has 19 heavy (non-hydrogen) atoms. The van der Waals surface area contributed by atoms with Crippen LogP contribution in [0.15, 0.2) is 0 Å². The number of aliphatic hydroxyl groups is 1. The third-order valence-electron chi connectivity index (χ3n) is 3.23. The van der Waals surface area contributed by atoms with Gasteiger partial charge in [-0.2, -0.15) is 0 Å². The number of carbonyl (C=O) groups is 1. The van der Waals surface area contributed by atoms with Crippen molar-refractivity contribution in [2.24, 2.45) is 5.92 Å². The summed E-state index contributed by atoms with van der Waals surface area (Å²) in [7, 11) is 0. The molecule has 0 bridgehead atoms. The lowest BCUT2D eigenvalue weighted by atomic mass is 9.99. The number of nitrogens with zero attached hydrogens (tertiary/aromatic N) is 1. The van der Waals surface area contributed by atoms with Crippen molar-refractivity contribution >= 4 is 6.09 Å². The average Bonchev–Trinajstić information content (AvgIpc) is 2.27. The Labute approximate surface area is 116 Å². The first-order valence-electron chi connectivity index (χ1n) is 7.13. The second-order valence-electron chi connectivity index (χ2n) is 6.52. The van der Waals surface area contributed by atoms with E-state index in [1.165, 1.54) is 12.8 Å². The van der Waals surface area contributed by atoms with Crippen LogP contribution >= 0.6 is 0 Å². The molecule has 112 valence electrons. The standard InChI is InChI=1S/C14H28N2O3/c1-11-5-7-16(8-6-11)10-12(17)9-15-13(18)19-14(2,3)4/h11-12,17H,5-10H2,1-4H3,(H,15,18)/t12-/m0/s1. The van der Waals surface area contributed by atoms with Gasteiger partial charge >= 0.3 is 6.09 Å². The number of rotatable bonds is 4. The van der Waals surface area contributed by atoms with Gasteiger partial charge in [-0.15, -0.1) is 0 Å². The first kappa shape index (κ1) is 16.2. The highest BCUT2D eigenvalue weighted by Gasteiger charge is 2.20. The number of β-amino-alcohol motifs (C(OH)–C–C–N with tert-alkyl or cyclic N) is 1. The fraction of sp³-hybridized carbons (Fsp3) is 0.929. The summed E-state index contributed by atoms with van der Waals surface area (Å²) in [5, 5.41) is 12.5. The van der Waals surface area contributed by atoms with Crippen LogP contribution in [0.3, 0.4) is 0 Å². The Morgan fingerprint density at radius 2 is 2.00 bits per heavy atom. The molecule has 0 aromatic carbocycles. The fourth-order valence-corrected chi connectivity index (χ4v) is 2.12. The number of amides is 1. The highest BCUT2D eigenvalue weighted by molar-refractivity contribution is 5.67. The molecule has 0 spiro atoms. The van der Waals surface area contributed by atoms with Gasteiger partial charge in [0, 0.05) is 13.1 Å². The van der Waals surface area contributed by atoms with Crippen LogP contribution in [0.2, 0.25) is 0 Å². The molecule has 0 aromatic rings. The molecule has 0 aliphatic carbocycles. The minimum atomic E-state index is -0.541. The number of aliphatic hydroxyl groups excluding tert-OH is 1. The first-order chi connectivity index (χ1) is 8.76. The molecule has 1 aliphatic heterocycles. The van der Waals surface area contributed by atoms with Gasteiger partial charge in [0.05, 0.1) is 6.10 Å². The Morgan fingerprint density at radius 3 is 2.53 bits per heavy atom. The van der Waals surface area contributed by atoms with E-state index < -0.39 is 17.8 Å². The van der Waals surface area contributed by atoms with Gasteiger partial charge in [0.1, 0.15) is 5.60 Å². The van der Waals surface area contributed by atoms with E-state index in [2.05, 4.69) is 17.1 Å². The van der Waals surface area contributed by atoms with E-state index in [0.29, 0.717) is 6.54 Å². The van der Waals surface area contributed by atoms with E-state index in [1.54, 1.807) is 0 Å². The summed E-state index contributed by atoms with van der Waals surface area (Å²) in [6, 6.07) is 0.